The van der Waals surface area contributed by atoms with Crippen LogP contribution in [0.3, 0.4) is 0 Å². The number of fused-ring (bicyclic) bond motifs is 1. The van der Waals surface area contributed by atoms with Crippen LogP contribution >= 0.6 is 0 Å². The molecule has 1 aliphatic heterocycles. The lowest BCUT2D eigenvalue weighted by atomic mass is 10.0. The molecular formula is C19H27N3O3S. The second kappa shape index (κ2) is 7.04. The third-order valence-corrected chi connectivity index (χ3v) is 7.09. The van der Waals surface area contributed by atoms with Gasteiger partial charge in [0.1, 0.15) is 0 Å². The minimum atomic E-state index is -2.94. The van der Waals surface area contributed by atoms with Crippen molar-refractivity contribution in [3.8, 4) is 0 Å². The van der Waals surface area contributed by atoms with Crippen molar-refractivity contribution < 1.29 is 13.2 Å². The highest BCUT2D eigenvalue weighted by Crippen LogP contribution is 2.26. The molecular weight excluding hydrogens is 350 g/mol. The summed E-state index contributed by atoms with van der Waals surface area (Å²) in [7, 11) is -1.13. The van der Waals surface area contributed by atoms with E-state index in [-0.39, 0.29) is 30.0 Å². The molecule has 0 radical (unpaired) electrons. The van der Waals surface area contributed by atoms with Crippen LogP contribution in [-0.2, 0) is 21.2 Å². The number of hydrogen-bond acceptors (Lipinski definition) is 4. The number of rotatable bonds is 5. The molecule has 2 heterocycles. The van der Waals surface area contributed by atoms with Gasteiger partial charge in [-0.05, 0) is 51.4 Å². The van der Waals surface area contributed by atoms with Gasteiger partial charge in [0.05, 0.1) is 23.6 Å². The van der Waals surface area contributed by atoms with Crippen LogP contribution in [0.4, 0.5) is 0 Å². The van der Waals surface area contributed by atoms with Gasteiger partial charge < -0.3 is 10.3 Å². The van der Waals surface area contributed by atoms with Gasteiger partial charge in [-0.3, -0.25) is 9.69 Å². The quantitative estimate of drug-likeness (QED) is 0.833. The van der Waals surface area contributed by atoms with Crippen molar-refractivity contribution in [2.45, 2.75) is 39.8 Å². The van der Waals surface area contributed by atoms with Gasteiger partial charge in [0.2, 0.25) is 5.91 Å². The third-order valence-electron chi connectivity index (χ3n) is 5.34. The first-order valence-electron chi connectivity index (χ1n) is 8.92. The molecule has 2 aromatic rings. The molecule has 0 spiro atoms. The number of likely N-dealkylation sites (N-methyl/N-ethyl adjacent to an activating group) is 1. The van der Waals surface area contributed by atoms with Crippen LogP contribution < -0.4 is 5.32 Å². The molecule has 0 bridgehead atoms. The van der Waals surface area contributed by atoms with Crippen molar-refractivity contribution in [2.75, 3.05) is 25.1 Å². The molecule has 6 nitrogen and oxygen atoms in total. The van der Waals surface area contributed by atoms with Crippen LogP contribution in [-0.4, -0.2) is 55.3 Å². The van der Waals surface area contributed by atoms with Crippen molar-refractivity contribution in [2.24, 2.45) is 0 Å². The predicted molar refractivity (Wildman–Crippen MR) is 104 cm³/mol. The summed E-state index contributed by atoms with van der Waals surface area (Å²) >= 11 is 0. The molecule has 1 saturated heterocycles. The summed E-state index contributed by atoms with van der Waals surface area (Å²) in [6, 6.07) is 4.18. The molecule has 1 fully saturated rings. The van der Waals surface area contributed by atoms with Crippen molar-refractivity contribution in [3.63, 3.8) is 0 Å². The molecule has 3 rings (SSSR count). The van der Waals surface area contributed by atoms with Crippen LogP contribution in [0.5, 0.6) is 0 Å². The number of nitrogens with one attached hydrogen (secondary N) is 2. The summed E-state index contributed by atoms with van der Waals surface area (Å²) in [4.78, 5) is 17.6. The van der Waals surface area contributed by atoms with Gasteiger partial charge in [-0.2, -0.15) is 0 Å². The highest BCUT2D eigenvalue weighted by atomic mass is 32.2. The Hall–Kier alpha value is -1.86. The molecule has 7 heteroatoms. The van der Waals surface area contributed by atoms with Gasteiger partial charge in [-0.25, -0.2) is 8.42 Å². The number of benzene rings is 1. The van der Waals surface area contributed by atoms with Gasteiger partial charge in [0.15, 0.2) is 9.84 Å². The largest absolute Gasteiger partial charge is 0.358 e. The average Bonchev–Trinajstić information content (AvgIpc) is 3.06. The standard InChI is InChI=1S/C19H27N3O3S/c1-12-7-15(19-17(8-12)13(2)14(3)21-19)9-20-18(23)10-22(4)16-5-6-26(24,25)11-16/h7-8,16,21H,5-6,9-11H2,1-4H3,(H,20,23). The summed E-state index contributed by atoms with van der Waals surface area (Å²) in [6.07, 6.45) is 0.603. The molecule has 26 heavy (non-hydrogen) atoms. The minimum Gasteiger partial charge on any atom is -0.358 e. The van der Waals surface area contributed by atoms with E-state index in [1.54, 1.807) is 0 Å². The number of aromatic amines is 1. The van der Waals surface area contributed by atoms with Gasteiger partial charge in [0, 0.05) is 23.7 Å². The maximum atomic E-state index is 12.3. The van der Waals surface area contributed by atoms with Crippen molar-refractivity contribution >= 4 is 26.6 Å². The number of hydrogen-bond donors (Lipinski definition) is 2. The Labute approximate surface area is 154 Å². The zero-order chi connectivity index (χ0) is 19.1. The SMILES string of the molecule is Cc1cc(CNC(=O)CN(C)C2CCS(=O)(=O)C2)c2[nH]c(C)c(C)c2c1. The van der Waals surface area contributed by atoms with Crippen LogP contribution in [0.25, 0.3) is 10.9 Å². The number of nitrogens with zero attached hydrogens (tertiary/aromatic N) is 1. The molecule has 2 N–H and O–H groups in total. The fourth-order valence-corrected chi connectivity index (χ4v) is 5.46. The second-order valence-electron chi connectivity index (χ2n) is 7.47. The molecule has 1 aromatic heterocycles. The van der Waals surface area contributed by atoms with Crippen molar-refractivity contribution in [1.29, 1.82) is 0 Å². The average molecular weight is 378 g/mol. The van der Waals surface area contributed by atoms with Crippen LogP contribution in [0.15, 0.2) is 12.1 Å². The Morgan fingerprint density at radius 2 is 2.04 bits per heavy atom. The summed E-state index contributed by atoms with van der Waals surface area (Å²) < 4.78 is 23.2. The van der Waals surface area contributed by atoms with E-state index >= 15 is 0 Å². The second-order valence-corrected chi connectivity index (χ2v) is 9.70. The Kier molecular flexibility index (Phi) is 5.12. The number of aromatic nitrogens is 1. The van der Waals surface area contributed by atoms with E-state index in [1.807, 2.05) is 11.9 Å². The number of carbonyl (C=O) groups is 1. The zero-order valence-electron chi connectivity index (χ0n) is 15.8. The molecule has 1 amide bonds. The predicted octanol–water partition coefficient (Wildman–Crippen LogP) is 1.83. The normalized spacial score (nSPS) is 19.3. The number of sulfone groups is 1. The van der Waals surface area contributed by atoms with Crippen molar-refractivity contribution in [3.05, 3.63) is 34.5 Å². The van der Waals surface area contributed by atoms with Crippen LogP contribution in [0.1, 0.15) is 28.8 Å². The molecule has 0 saturated carbocycles. The van der Waals surface area contributed by atoms with E-state index in [0.29, 0.717) is 13.0 Å². The first-order chi connectivity index (χ1) is 12.2. The summed E-state index contributed by atoms with van der Waals surface area (Å²) in [5.41, 5.74) is 5.67. The van der Waals surface area contributed by atoms with Gasteiger partial charge in [-0.15, -0.1) is 0 Å². The first-order valence-corrected chi connectivity index (χ1v) is 10.7. The monoisotopic (exact) mass is 377 g/mol. The lowest BCUT2D eigenvalue weighted by molar-refractivity contribution is -0.122. The molecule has 1 aromatic carbocycles. The minimum absolute atomic E-state index is 0.0647. The van der Waals surface area contributed by atoms with E-state index in [9.17, 15) is 13.2 Å². The zero-order valence-corrected chi connectivity index (χ0v) is 16.7. The highest BCUT2D eigenvalue weighted by molar-refractivity contribution is 7.91. The fourth-order valence-electron chi connectivity index (χ4n) is 3.66. The molecule has 1 aliphatic rings. The van der Waals surface area contributed by atoms with E-state index in [1.165, 1.54) is 10.9 Å². The Balaban J connectivity index is 1.65. The van der Waals surface area contributed by atoms with Gasteiger partial charge in [-0.1, -0.05) is 11.6 Å². The maximum absolute atomic E-state index is 12.3. The number of aryl methyl sites for hydroxylation is 3. The molecule has 1 unspecified atom stereocenters. The van der Waals surface area contributed by atoms with Gasteiger partial charge in [0.25, 0.3) is 0 Å². The summed E-state index contributed by atoms with van der Waals surface area (Å²) in [6.45, 7) is 6.87. The highest BCUT2D eigenvalue weighted by Gasteiger charge is 2.31. The van der Waals surface area contributed by atoms with E-state index in [4.69, 9.17) is 0 Å². The lowest BCUT2D eigenvalue weighted by Gasteiger charge is -2.22. The summed E-state index contributed by atoms with van der Waals surface area (Å²) in [5.74, 6) is 0.277. The van der Waals surface area contributed by atoms with Crippen LogP contribution in [0.2, 0.25) is 0 Å². The smallest absolute Gasteiger partial charge is 0.234 e. The fraction of sp³-hybridized carbons (Fsp3) is 0.526. The third kappa shape index (κ3) is 3.94. The number of carbonyl (C=O) groups excluding carboxylic acids is 1. The van der Waals surface area contributed by atoms with E-state index < -0.39 is 9.84 Å². The van der Waals surface area contributed by atoms with Crippen molar-refractivity contribution in [1.82, 2.24) is 15.2 Å². The summed E-state index contributed by atoms with van der Waals surface area (Å²) in [5, 5.41) is 4.17. The Bertz CT molecular complexity index is 947. The lowest BCUT2D eigenvalue weighted by Crippen LogP contribution is -2.41. The maximum Gasteiger partial charge on any atom is 0.234 e. The van der Waals surface area contributed by atoms with E-state index in [0.717, 1.165) is 22.3 Å². The number of amides is 1. The molecule has 142 valence electrons. The Morgan fingerprint density at radius 3 is 2.69 bits per heavy atom. The topological polar surface area (TPSA) is 82.3 Å². The Morgan fingerprint density at radius 1 is 1.31 bits per heavy atom. The van der Waals surface area contributed by atoms with E-state index in [2.05, 4.69) is 43.2 Å². The molecule has 0 aliphatic carbocycles. The number of H-pyrrole nitrogens is 1. The van der Waals surface area contributed by atoms with Crippen LogP contribution in [0, 0.1) is 20.8 Å². The molecule has 1 atom stereocenters. The first kappa shape index (κ1) is 18.9. The van der Waals surface area contributed by atoms with Gasteiger partial charge >= 0.3 is 0 Å².